The number of thiazole rings is 1. The molecule has 2 heterocycles. The van der Waals surface area contributed by atoms with E-state index in [9.17, 15) is 0 Å². The Balaban J connectivity index is 2.29. The summed E-state index contributed by atoms with van der Waals surface area (Å²) in [6.45, 7) is 7.88. The number of ether oxygens (including phenoxy) is 2. The van der Waals surface area contributed by atoms with Crippen LogP contribution in [-0.4, -0.2) is 16.4 Å². The summed E-state index contributed by atoms with van der Waals surface area (Å²) in [7, 11) is 0. The largest absolute Gasteiger partial charge is 0.341 e. The van der Waals surface area contributed by atoms with Crippen molar-refractivity contribution in [2.75, 3.05) is 0 Å². The Labute approximate surface area is 88.1 Å². The highest BCUT2D eigenvalue weighted by molar-refractivity contribution is 7.07. The van der Waals surface area contributed by atoms with Crippen LogP contribution < -0.4 is 0 Å². The molecule has 1 aliphatic rings. The van der Waals surface area contributed by atoms with Crippen molar-refractivity contribution in [1.82, 2.24) is 4.98 Å². The van der Waals surface area contributed by atoms with E-state index in [1.165, 1.54) is 11.3 Å². The minimum Gasteiger partial charge on any atom is -0.341 e. The SMILES string of the molecule is CC1(C)OC(c2cs[c]n2)C(C)(C)O1. The van der Waals surface area contributed by atoms with E-state index in [0.29, 0.717) is 0 Å². The van der Waals surface area contributed by atoms with Gasteiger partial charge in [-0.25, -0.2) is 4.98 Å². The zero-order chi connectivity index (χ0) is 10.4. The van der Waals surface area contributed by atoms with Crippen LogP contribution in [-0.2, 0) is 9.47 Å². The first kappa shape index (κ1) is 10.1. The Hall–Kier alpha value is -0.450. The van der Waals surface area contributed by atoms with Gasteiger partial charge in [0.25, 0.3) is 0 Å². The molecule has 1 aromatic rings. The lowest BCUT2D eigenvalue weighted by atomic mass is 10.0. The van der Waals surface area contributed by atoms with Gasteiger partial charge >= 0.3 is 0 Å². The number of hydrogen-bond donors (Lipinski definition) is 0. The summed E-state index contributed by atoms with van der Waals surface area (Å²) in [5.41, 5.74) is 3.41. The molecule has 1 radical (unpaired) electrons. The minimum absolute atomic E-state index is 0.0972. The van der Waals surface area contributed by atoms with Gasteiger partial charge in [0.2, 0.25) is 0 Å². The molecule has 1 saturated heterocycles. The Kier molecular flexibility index (Phi) is 2.17. The second-order valence-corrected chi connectivity index (χ2v) is 5.12. The molecule has 0 aliphatic carbocycles. The van der Waals surface area contributed by atoms with E-state index in [0.717, 1.165) is 5.69 Å². The Bertz CT molecular complexity index is 319. The van der Waals surface area contributed by atoms with Gasteiger partial charge in [0.05, 0.1) is 11.3 Å². The fraction of sp³-hybridized carbons (Fsp3) is 0.700. The van der Waals surface area contributed by atoms with Crippen LogP contribution in [0.1, 0.15) is 39.5 Å². The zero-order valence-corrected chi connectivity index (χ0v) is 9.64. The van der Waals surface area contributed by atoms with Crippen LogP contribution >= 0.6 is 11.3 Å². The Morgan fingerprint density at radius 3 is 2.57 bits per heavy atom. The van der Waals surface area contributed by atoms with Crippen LogP contribution in [0.25, 0.3) is 0 Å². The molecule has 1 aliphatic heterocycles. The molecule has 1 unspecified atom stereocenters. The lowest BCUT2D eigenvalue weighted by Gasteiger charge is -2.22. The summed E-state index contributed by atoms with van der Waals surface area (Å²) in [4.78, 5) is 4.15. The normalized spacial score (nSPS) is 29.3. The highest BCUT2D eigenvalue weighted by Crippen LogP contribution is 2.44. The maximum atomic E-state index is 5.81. The smallest absolute Gasteiger partial charge is 0.164 e. The number of nitrogens with zero attached hydrogens (tertiary/aromatic N) is 1. The fourth-order valence-electron chi connectivity index (χ4n) is 1.87. The summed E-state index contributed by atoms with van der Waals surface area (Å²) in [5.74, 6) is -0.530. The van der Waals surface area contributed by atoms with Crippen LogP contribution in [0.5, 0.6) is 0 Å². The van der Waals surface area contributed by atoms with Crippen molar-refractivity contribution in [3.05, 3.63) is 16.6 Å². The minimum atomic E-state index is -0.530. The van der Waals surface area contributed by atoms with Crippen molar-refractivity contribution < 1.29 is 9.47 Å². The van der Waals surface area contributed by atoms with E-state index < -0.39 is 5.79 Å². The third kappa shape index (κ3) is 1.69. The van der Waals surface area contributed by atoms with E-state index in [4.69, 9.17) is 9.47 Å². The first-order valence-corrected chi connectivity index (χ1v) is 5.48. The quantitative estimate of drug-likeness (QED) is 0.717. The topological polar surface area (TPSA) is 31.4 Å². The average Bonchev–Trinajstić information content (AvgIpc) is 2.54. The first-order chi connectivity index (χ1) is 6.41. The van der Waals surface area contributed by atoms with E-state index >= 15 is 0 Å². The summed E-state index contributed by atoms with van der Waals surface area (Å²) in [6.07, 6.45) is -0.0972. The summed E-state index contributed by atoms with van der Waals surface area (Å²) < 4.78 is 11.6. The van der Waals surface area contributed by atoms with Gasteiger partial charge in [0.1, 0.15) is 6.10 Å². The molecular weight excluding hydrogens is 198 g/mol. The zero-order valence-electron chi connectivity index (χ0n) is 8.83. The molecular formula is C10H14NO2S. The van der Waals surface area contributed by atoms with Crippen LogP contribution in [0.2, 0.25) is 0 Å². The Morgan fingerprint density at radius 1 is 1.43 bits per heavy atom. The van der Waals surface area contributed by atoms with Crippen molar-refractivity contribution in [3.63, 3.8) is 0 Å². The van der Waals surface area contributed by atoms with Gasteiger partial charge in [-0.15, -0.1) is 11.3 Å². The molecule has 1 aromatic heterocycles. The predicted molar refractivity (Wildman–Crippen MR) is 54.0 cm³/mol. The van der Waals surface area contributed by atoms with E-state index in [-0.39, 0.29) is 11.7 Å². The van der Waals surface area contributed by atoms with Crippen molar-refractivity contribution in [2.24, 2.45) is 0 Å². The molecule has 0 N–H and O–H groups in total. The predicted octanol–water partition coefficient (Wildman–Crippen LogP) is 2.55. The number of rotatable bonds is 1. The van der Waals surface area contributed by atoms with Crippen LogP contribution in [0, 0.1) is 5.51 Å². The van der Waals surface area contributed by atoms with E-state index in [2.05, 4.69) is 10.5 Å². The molecule has 0 saturated carbocycles. The Morgan fingerprint density at radius 2 is 2.14 bits per heavy atom. The van der Waals surface area contributed by atoms with Gasteiger partial charge in [-0.3, -0.25) is 0 Å². The molecule has 2 rings (SSSR count). The lowest BCUT2D eigenvalue weighted by molar-refractivity contribution is -0.157. The molecule has 77 valence electrons. The maximum absolute atomic E-state index is 5.81. The van der Waals surface area contributed by atoms with Gasteiger partial charge in [-0.1, -0.05) is 0 Å². The van der Waals surface area contributed by atoms with Gasteiger partial charge in [-0.2, -0.15) is 0 Å². The molecule has 14 heavy (non-hydrogen) atoms. The molecule has 0 bridgehead atoms. The molecule has 1 fully saturated rings. The second-order valence-electron chi connectivity index (χ2n) is 4.47. The number of hydrogen-bond acceptors (Lipinski definition) is 4. The highest BCUT2D eigenvalue weighted by atomic mass is 32.1. The van der Waals surface area contributed by atoms with Gasteiger partial charge < -0.3 is 9.47 Å². The van der Waals surface area contributed by atoms with Gasteiger partial charge in [-0.05, 0) is 27.7 Å². The molecule has 0 amide bonds. The maximum Gasteiger partial charge on any atom is 0.164 e. The molecule has 0 aromatic carbocycles. The monoisotopic (exact) mass is 212 g/mol. The van der Waals surface area contributed by atoms with Crippen molar-refractivity contribution in [2.45, 2.75) is 45.2 Å². The van der Waals surface area contributed by atoms with E-state index in [1.807, 2.05) is 33.1 Å². The first-order valence-electron chi connectivity index (χ1n) is 4.60. The lowest BCUT2D eigenvalue weighted by Crippen LogP contribution is -2.28. The van der Waals surface area contributed by atoms with Crippen molar-refractivity contribution >= 4 is 11.3 Å². The fourth-order valence-corrected chi connectivity index (χ4v) is 2.37. The third-order valence-electron chi connectivity index (χ3n) is 2.22. The van der Waals surface area contributed by atoms with Crippen LogP contribution in [0.3, 0.4) is 0 Å². The van der Waals surface area contributed by atoms with E-state index in [1.54, 1.807) is 0 Å². The highest BCUT2D eigenvalue weighted by Gasteiger charge is 2.48. The van der Waals surface area contributed by atoms with Crippen molar-refractivity contribution in [1.29, 1.82) is 0 Å². The second kappa shape index (κ2) is 3.02. The van der Waals surface area contributed by atoms with Gasteiger partial charge in [0, 0.05) is 5.38 Å². The third-order valence-corrected chi connectivity index (χ3v) is 2.77. The van der Waals surface area contributed by atoms with Crippen molar-refractivity contribution in [3.8, 4) is 0 Å². The molecule has 4 heteroatoms. The molecule has 0 spiro atoms. The molecule has 3 nitrogen and oxygen atoms in total. The number of aromatic nitrogens is 1. The summed E-state index contributed by atoms with van der Waals surface area (Å²) in [5, 5.41) is 1.96. The standard InChI is InChI=1S/C10H14NO2S/c1-9(2)8(7-5-14-6-11-7)12-10(3,4)13-9/h5,8H,1-4H3. The van der Waals surface area contributed by atoms with Crippen LogP contribution in [0.15, 0.2) is 5.38 Å². The summed E-state index contributed by atoms with van der Waals surface area (Å²) in [6, 6.07) is 0. The summed E-state index contributed by atoms with van der Waals surface area (Å²) >= 11 is 1.46. The van der Waals surface area contributed by atoms with Gasteiger partial charge in [0.15, 0.2) is 11.3 Å². The van der Waals surface area contributed by atoms with Crippen LogP contribution in [0.4, 0.5) is 0 Å². The average molecular weight is 212 g/mol. The molecule has 1 atom stereocenters.